The van der Waals surface area contributed by atoms with E-state index in [1.807, 2.05) is 0 Å². The van der Waals surface area contributed by atoms with Gasteiger partial charge in [0, 0.05) is 32.1 Å². The number of anilines is 1. The minimum Gasteiger partial charge on any atom is -0.543 e. The van der Waals surface area contributed by atoms with Crippen molar-refractivity contribution in [2.24, 2.45) is 0 Å². The molecule has 0 aromatic carbocycles. The molecular formula is C12H15LiN4O3. The third-order valence-corrected chi connectivity index (χ3v) is 3.17. The number of aromatic nitrogens is 2. The van der Waals surface area contributed by atoms with E-state index in [4.69, 9.17) is 0 Å². The summed E-state index contributed by atoms with van der Waals surface area (Å²) in [5.41, 5.74) is -0.140. The first-order valence-corrected chi connectivity index (χ1v) is 6.11. The molecule has 8 heteroatoms. The van der Waals surface area contributed by atoms with Crippen molar-refractivity contribution >= 4 is 17.7 Å². The van der Waals surface area contributed by atoms with Crippen molar-refractivity contribution in [1.82, 2.24) is 14.9 Å². The average Bonchev–Trinajstić information content (AvgIpc) is 2.39. The molecule has 1 aliphatic heterocycles. The van der Waals surface area contributed by atoms with E-state index < -0.39 is 5.97 Å². The Morgan fingerprint density at radius 2 is 2.00 bits per heavy atom. The van der Waals surface area contributed by atoms with Gasteiger partial charge in [-0.15, -0.1) is 0 Å². The quantitative estimate of drug-likeness (QED) is 0.567. The average molecular weight is 270 g/mol. The van der Waals surface area contributed by atoms with Crippen molar-refractivity contribution in [2.75, 3.05) is 18.4 Å². The third kappa shape index (κ3) is 4.22. The Morgan fingerprint density at radius 3 is 2.55 bits per heavy atom. The van der Waals surface area contributed by atoms with Gasteiger partial charge in [0.15, 0.2) is 0 Å². The van der Waals surface area contributed by atoms with Crippen LogP contribution in [-0.4, -0.2) is 45.9 Å². The van der Waals surface area contributed by atoms with E-state index in [-0.39, 0.29) is 36.5 Å². The predicted molar refractivity (Wildman–Crippen MR) is 65.3 cm³/mol. The van der Waals surface area contributed by atoms with Crippen LogP contribution in [0.25, 0.3) is 0 Å². The zero-order chi connectivity index (χ0) is 13.8. The molecule has 1 N–H and O–H groups in total. The SMILES string of the molecule is CC(=O)N1CCC(Nc2cc(C(=O)[O-])ncn2)CC1.[Li+]. The molecule has 0 bridgehead atoms. The molecule has 7 nitrogen and oxygen atoms in total. The van der Waals surface area contributed by atoms with Gasteiger partial charge in [-0.05, 0) is 12.8 Å². The number of rotatable bonds is 3. The Labute approximate surface area is 129 Å². The molecular weight excluding hydrogens is 255 g/mol. The Balaban J connectivity index is 0.00000200. The number of aromatic carboxylic acids is 1. The fourth-order valence-corrected chi connectivity index (χ4v) is 2.10. The summed E-state index contributed by atoms with van der Waals surface area (Å²) in [6.45, 7) is 2.96. The molecule has 1 amide bonds. The van der Waals surface area contributed by atoms with E-state index >= 15 is 0 Å². The number of nitrogens with one attached hydrogen (secondary N) is 1. The van der Waals surface area contributed by atoms with Crippen LogP contribution < -0.4 is 29.3 Å². The molecule has 0 spiro atoms. The number of carbonyl (C=O) groups is 2. The maximum Gasteiger partial charge on any atom is 1.00 e. The van der Waals surface area contributed by atoms with Crippen LogP contribution in [0.2, 0.25) is 0 Å². The van der Waals surface area contributed by atoms with E-state index in [0.29, 0.717) is 18.9 Å². The zero-order valence-electron chi connectivity index (χ0n) is 11.6. The summed E-state index contributed by atoms with van der Waals surface area (Å²) in [5.74, 6) is -0.771. The molecule has 102 valence electrons. The monoisotopic (exact) mass is 270 g/mol. The zero-order valence-corrected chi connectivity index (χ0v) is 11.6. The van der Waals surface area contributed by atoms with E-state index in [0.717, 1.165) is 12.8 Å². The van der Waals surface area contributed by atoms with Gasteiger partial charge in [0.25, 0.3) is 0 Å². The van der Waals surface area contributed by atoms with Gasteiger partial charge < -0.3 is 20.1 Å². The number of carboxylic acid groups (broad SMARTS) is 1. The normalized spacial score (nSPS) is 15.3. The van der Waals surface area contributed by atoms with E-state index in [1.165, 1.54) is 12.4 Å². The van der Waals surface area contributed by atoms with Crippen molar-refractivity contribution in [3.63, 3.8) is 0 Å². The number of carboxylic acids is 1. The minimum atomic E-state index is -1.32. The third-order valence-electron chi connectivity index (χ3n) is 3.17. The molecule has 1 saturated heterocycles. The first-order chi connectivity index (χ1) is 9.06. The van der Waals surface area contributed by atoms with Crippen molar-refractivity contribution < 1.29 is 33.6 Å². The van der Waals surface area contributed by atoms with Gasteiger partial charge >= 0.3 is 18.9 Å². The fourth-order valence-electron chi connectivity index (χ4n) is 2.10. The van der Waals surface area contributed by atoms with Crippen molar-refractivity contribution in [2.45, 2.75) is 25.8 Å². The Bertz CT molecular complexity index is 489. The first-order valence-electron chi connectivity index (χ1n) is 6.11. The Morgan fingerprint density at radius 1 is 1.35 bits per heavy atom. The second-order valence-electron chi connectivity index (χ2n) is 4.50. The number of carbonyl (C=O) groups excluding carboxylic acids is 2. The summed E-state index contributed by atoms with van der Waals surface area (Å²) in [6.07, 6.45) is 2.81. The molecule has 0 atom stereocenters. The number of amides is 1. The maximum absolute atomic E-state index is 11.2. The van der Waals surface area contributed by atoms with Crippen molar-refractivity contribution in [1.29, 1.82) is 0 Å². The summed E-state index contributed by atoms with van der Waals surface area (Å²) in [7, 11) is 0. The van der Waals surface area contributed by atoms with Gasteiger partial charge in [-0.2, -0.15) is 0 Å². The second-order valence-corrected chi connectivity index (χ2v) is 4.50. The number of hydrogen-bond donors (Lipinski definition) is 1. The summed E-state index contributed by atoms with van der Waals surface area (Å²) < 4.78 is 0. The number of hydrogen-bond acceptors (Lipinski definition) is 6. The van der Waals surface area contributed by atoms with Gasteiger partial charge in [0.2, 0.25) is 5.91 Å². The summed E-state index contributed by atoms with van der Waals surface area (Å²) in [5, 5.41) is 13.8. The van der Waals surface area contributed by atoms with Gasteiger partial charge in [-0.25, -0.2) is 9.97 Å². The summed E-state index contributed by atoms with van der Waals surface area (Å²) >= 11 is 0. The van der Waals surface area contributed by atoms with Gasteiger partial charge in [0.05, 0.1) is 11.7 Å². The van der Waals surface area contributed by atoms with Gasteiger partial charge in [0.1, 0.15) is 12.1 Å². The second kappa shape index (κ2) is 7.27. The topological polar surface area (TPSA) is 98.2 Å². The molecule has 20 heavy (non-hydrogen) atoms. The largest absolute Gasteiger partial charge is 1.00 e. The molecule has 0 aliphatic carbocycles. The minimum absolute atomic E-state index is 0. The van der Waals surface area contributed by atoms with E-state index in [1.54, 1.807) is 11.8 Å². The predicted octanol–water partition coefficient (Wildman–Crippen LogP) is -3.73. The van der Waals surface area contributed by atoms with Crippen LogP contribution in [0, 0.1) is 0 Å². The molecule has 1 aromatic heterocycles. The molecule has 1 aliphatic rings. The first kappa shape index (κ1) is 16.5. The molecule has 2 rings (SSSR count). The summed E-state index contributed by atoms with van der Waals surface area (Å²) in [6, 6.07) is 1.53. The molecule has 2 heterocycles. The van der Waals surface area contributed by atoms with Crippen LogP contribution in [0.3, 0.4) is 0 Å². The smallest absolute Gasteiger partial charge is 0.543 e. The number of nitrogens with zero attached hydrogens (tertiary/aromatic N) is 3. The van der Waals surface area contributed by atoms with E-state index in [2.05, 4.69) is 15.3 Å². The van der Waals surface area contributed by atoms with Gasteiger partial charge in [-0.1, -0.05) is 0 Å². The number of likely N-dealkylation sites (tertiary alicyclic amines) is 1. The van der Waals surface area contributed by atoms with Gasteiger partial charge in [-0.3, -0.25) is 4.79 Å². The van der Waals surface area contributed by atoms with Crippen LogP contribution in [0.15, 0.2) is 12.4 Å². The van der Waals surface area contributed by atoms with Crippen LogP contribution >= 0.6 is 0 Å². The van der Waals surface area contributed by atoms with E-state index in [9.17, 15) is 14.7 Å². The van der Waals surface area contributed by atoms with Crippen molar-refractivity contribution in [3.05, 3.63) is 18.1 Å². The maximum atomic E-state index is 11.2. The Kier molecular flexibility index (Phi) is 5.98. The van der Waals surface area contributed by atoms with Crippen LogP contribution in [0.1, 0.15) is 30.3 Å². The molecule has 0 radical (unpaired) electrons. The number of piperidine rings is 1. The molecule has 1 fully saturated rings. The standard InChI is InChI=1S/C12H16N4O3.Li/c1-8(17)16-4-2-9(3-5-16)15-11-6-10(12(18)19)13-7-14-11;/h6-7,9H,2-5H2,1H3,(H,18,19)(H,13,14,15);/q;+1/p-1. The molecule has 1 aromatic rings. The van der Waals surface area contributed by atoms with Crippen LogP contribution in [0.5, 0.6) is 0 Å². The Hall–Kier alpha value is -1.58. The van der Waals surface area contributed by atoms with Crippen LogP contribution in [-0.2, 0) is 4.79 Å². The van der Waals surface area contributed by atoms with Crippen LogP contribution in [0.4, 0.5) is 5.82 Å². The molecule has 0 saturated carbocycles. The summed E-state index contributed by atoms with van der Waals surface area (Å²) in [4.78, 5) is 31.3. The van der Waals surface area contributed by atoms with Crippen molar-refractivity contribution in [3.8, 4) is 0 Å². The molecule has 0 unspecified atom stereocenters. The fraction of sp³-hybridized carbons (Fsp3) is 0.500.